The third-order valence-corrected chi connectivity index (χ3v) is 5.85. The van der Waals surface area contributed by atoms with Crippen LogP contribution >= 0.6 is 0 Å². The zero-order valence-electron chi connectivity index (χ0n) is 19.7. The molecule has 5 rings (SSSR count). The molecule has 182 valence electrons. The summed E-state index contributed by atoms with van der Waals surface area (Å²) in [7, 11) is 0. The minimum absolute atomic E-state index is 0.233. The van der Waals surface area contributed by atoms with Gasteiger partial charge in [-0.3, -0.25) is 14.9 Å². The molecular formula is C27H21FN8O. The van der Waals surface area contributed by atoms with E-state index in [1.54, 1.807) is 37.6 Å². The average molecular weight is 493 g/mol. The zero-order valence-corrected chi connectivity index (χ0v) is 19.7. The molecule has 5 aromatic rings. The number of pyridine rings is 3. The van der Waals surface area contributed by atoms with Crippen LogP contribution in [-0.4, -0.2) is 31.1 Å². The zero-order chi connectivity index (χ0) is 25.8. The number of nitrogens with zero attached hydrogens (tertiary/aromatic N) is 5. The second-order valence-corrected chi connectivity index (χ2v) is 8.42. The van der Waals surface area contributed by atoms with Gasteiger partial charge in [-0.05, 0) is 48.4 Å². The van der Waals surface area contributed by atoms with Crippen LogP contribution in [0.25, 0.3) is 22.3 Å². The largest absolute Gasteiger partial charge is 0.365 e. The van der Waals surface area contributed by atoms with Crippen molar-refractivity contribution >= 4 is 22.8 Å². The van der Waals surface area contributed by atoms with Gasteiger partial charge in [0.1, 0.15) is 17.7 Å². The monoisotopic (exact) mass is 492 g/mol. The summed E-state index contributed by atoms with van der Waals surface area (Å²) in [5.41, 5.74) is 4.48. The van der Waals surface area contributed by atoms with Gasteiger partial charge in [-0.2, -0.15) is 10.4 Å². The van der Waals surface area contributed by atoms with Crippen LogP contribution in [0.3, 0.4) is 0 Å². The Balaban J connectivity index is 1.30. The molecule has 0 bridgehead atoms. The predicted molar refractivity (Wildman–Crippen MR) is 136 cm³/mol. The summed E-state index contributed by atoms with van der Waals surface area (Å²) in [4.78, 5) is 26.2. The quantitative estimate of drug-likeness (QED) is 0.304. The first kappa shape index (κ1) is 23.6. The number of H-pyrrole nitrogens is 1. The number of rotatable bonds is 7. The lowest BCUT2D eigenvalue weighted by Crippen LogP contribution is -2.28. The van der Waals surface area contributed by atoms with Gasteiger partial charge >= 0.3 is 0 Å². The minimum atomic E-state index is -0.403. The number of benzene rings is 1. The van der Waals surface area contributed by atoms with Crippen molar-refractivity contribution in [1.82, 2.24) is 30.5 Å². The van der Waals surface area contributed by atoms with E-state index < -0.39 is 5.91 Å². The van der Waals surface area contributed by atoms with Crippen molar-refractivity contribution in [1.29, 1.82) is 5.26 Å². The lowest BCUT2D eigenvalue weighted by Gasteiger charge is -2.16. The van der Waals surface area contributed by atoms with Gasteiger partial charge in [-0.25, -0.2) is 14.4 Å². The molecule has 37 heavy (non-hydrogen) atoms. The molecule has 1 aromatic carbocycles. The number of carbonyl (C=O) groups excluding carboxylic acids is 1. The van der Waals surface area contributed by atoms with E-state index in [4.69, 9.17) is 0 Å². The number of amides is 1. The van der Waals surface area contributed by atoms with Crippen LogP contribution in [0, 0.1) is 17.1 Å². The number of aromatic amines is 1. The predicted octanol–water partition coefficient (Wildman–Crippen LogP) is 4.53. The Hall–Kier alpha value is -5.17. The number of nitriles is 1. The molecule has 0 fully saturated rings. The molecule has 4 aromatic heterocycles. The fourth-order valence-electron chi connectivity index (χ4n) is 3.81. The minimum Gasteiger partial charge on any atom is -0.365 e. The van der Waals surface area contributed by atoms with E-state index in [1.165, 1.54) is 24.4 Å². The fourth-order valence-corrected chi connectivity index (χ4v) is 3.81. The van der Waals surface area contributed by atoms with E-state index in [-0.39, 0.29) is 23.0 Å². The van der Waals surface area contributed by atoms with E-state index in [9.17, 15) is 14.4 Å². The van der Waals surface area contributed by atoms with Crippen molar-refractivity contribution in [2.45, 2.75) is 19.5 Å². The first-order valence-electron chi connectivity index (χ1n) is 11.4. The number of nitrogens with one attached hydrogen (secondary N) is 3. The van der Waals surface area contributed by atoms with E-state index in [2.05, 4.69) is 35.8 Å². The SMILES string of the molecule is CC(NC(=O)c1cc(C#N)cnc1NCc1ccc(-c2cnc3[nH]ncc3c2)nc1)c1ccc(F)cc1. The first-order chi connectivity index (χ1) is 18.0. The van der Waals surface area contributed by atoms with Crippen LogP contribution in [0.15, 0.2) is 73.3 Å². The van der Waals surface area contributed by atoms with Crippen molar-refractivity contribution < 1.29 is 9.18 Å². The molecular weight excluding hydrogens is 471 g/mol. The molecule has 3 N–H and O–H groups in total. The highest BCUT2D eigenvalue weighted by Crippen LogP contribution is 2.21. The van der Waals surface area contributed by atoms with E-state index in [0.717, 1.165) is 27.8 Å². The number of halogens is 1. The van der Waals surface area contributed by atoms with E-state index >= 15 is 0 Å². The summed E-state index contributed by atoms with van der Waals surface area (Å²) in [5, 5.41) is 23.1. The van der Waals surface area contributed by atoms with Crippen molar-refractivity contribution in [2.75, 3.05) is 5.32 Å². The summed E-state index contributed by atoms with van der Waals surface area (Å²) in [6.07, 6.45) is 6.59. The maximum atomic E-state index is 13.2. The Morgan fingerprint density at radius 3 is 2.65 bits per heavy atom. The number of anilines is 1. The molecule has 1 atom stereocenters. The van der Waals surface area contributed by atoms with Crippen LogP contribution in [-0.2, 0) is 6.54 Å². The highest BCUT2D eigenvalue weighted by atomic mass is 19.1. The van der Waals surface area contributed by atoms with Gasteiger partial charge < -0.3 is 10.6 Å². The molecule has 4 heterocycles. The van der Waals surface area contributed by atoms with Gasteiger partial charge in [-0.1, -0.05) is 18.2 Å². The highest BCUT2D eigenvalue weighted by molar-refractivity contribution is 5.99. The number of carbonyl (C=O) groups is 1. The molecule has 0 aliphatic rings. The Labute approximate surface area is 211 Å². The molecule has 10 heteroatoms. The molecule has 0 spiro atoms. The van der Waals surface area contributed by atoms with Gasteiger partial charge in [0.2, 0.25) is 0 Å². The van der Waals surface area contributed by atoms with Gasteiger partial charge in [-0.15, -0.1) is 0 Å². The smallest absolute Gasteiger partial charge is 0.255 e. The van der Waals surface area contributed by atoms with E-state index in [1.807, 2.05) is 24.3 Å². The number of aromatic nitrogens is 5. The Morgan fingerprint density at radius 2 is 1.89 bits per heavy atom. The highest BCUT2D eigenvalue weighted by Gasteiger charge is 2.17. The maximum Gasteiger partial charge on any atom is 0.255 e. The number of hydrogen-bond acceptors (Lipinski definition) is 7. The summed E-state index contributed by atoms with van der Waals surface area (Å²) in [5.74, 6) is -0.418. The number of hydrogen-bond donors (Lipinski definition) is 3. The molecule has 1 amide bonds. The summed E-state index contributed by atoms with van der Waals surface area (Å²) >= 11 is 0. The van der Waals surface area contributed by atoms with Crippen LogP contribution in [0.4, 0.5) is 10.2 Å². The lowest BCUT2D eigenvalue weighted by molar-refractivity contribution is 0.0940. The van der Waals surface area contributed by atoms with Crippen LogP contribution < -0.4 is 10.6 Å². The molecule has 0 aliphatic heterocycles. The Kier molecular flexibility index (Phi) is 6.50. The van der Waals surface area contributed by atoms with Crippen molar-refractivity contribution in [3.8, 4) is 17.3 Å². The van der Waals surface area contributed by atoms with Crippen LogP contribution in [0.2, 0.25) is 0 Å². The first-order valence-corrected chi connectivity index (χ1v) is 11.4. The molecule has 1 unspecified atom stereocenters. The second kappa shape index (κ2) is 10.2. The molecule has 0 saturated carbocycles. The summed E-state index contributed by atoms with van der Waals surface area (Å²) in [6.45, 7) is 2.16. The van der Waals surface area contributed by atoms with Gasteiger partial charge in [0.05, 0.1) is 29.1 Å². The average Bonchev–Trinajstić information content (AvgIpc) is 3.40. The molecule has 9 nitrogen and oxygen atoms in total. The van der Waals surface area contributed by atoms with E-state index in [0.29, 0.717) is 18.0 Å². The van der Waals surface area contributed by atoms with Crippen molar-refractivity contribution in [2.24, 2.45) is 0 Å². The second-order valence-electron chi connectivity index (χ2n) is 8.42. The van der Waals surface area contributed by atoms with Gasteiger partial charge in [0.15, 0.2) is 5.65 Å². The molecule has 0 saturated heterocycles. The lowest BCUT2D eigenvalue weighted by atomic mass is 10.1. The Morgan fingerprint density at radius 1 is 1.05 bits per heavy atom. The fraction of sp³-hybridized carbons (Fsp3) is 0.111. The van der Waals surface area contributed by atoms with Crippen molar-refractivity contribution in [3.05, 3.63) is 101 Å². The molecule has 0 aliphatic carbocycles. The summed E-state index contributed by atoms with van der Waals surface area (Å²) in [6, 6.07) is 14.8. The van der Waals surface area contributed by atoms with Crippen molar-refractivity contribution in [3.63, 3.8) is 0 Å². The number of fused-ring (bicyclic) bond motifs is 1. The normalized spacial score (nSPS) is 11.6. The third kappa shape index (κ3) is 5.26. The topological polar surface area (TPSA) is 132 Å². The van der Waals surface area contributed by atoms with Crippen LogP contribution in [0.1, 0.15) is 40.0 Å². The van der Waals surface area contributed by atoms with Crippen LogP contribution in [0.5, 0.6) is 0 Å². The standard InChI is InChI=1S/C27H21FN8O/c1-16(19-3-5-22(28)6-4-19)35-27(37)23-8-18(10-29)13-32-26(23)31-12-17-2-7-24(30-11-17)20-9-21-15-34-36-25(21)33-14-20/h2-9,11,13-16H,12H2,1H3,(H,31,32)(H,35,37)(H,33,34,36). The third-order valence-electron chi connectivity index (χ3n) is 5.85. The molecule has 0 radical (unpaired) electrons. The van der Waals surface area contributed by atoms with Gasteiger partial charge in [0.25, 0.3) is 5.91 Å². The Bertz CT molecular complexity index is 1610. The van der Waals surface area contributed by atoms with Gasteiger partial charge in [0, 0.05) is 36.1 Å². The summed E-state index contributed by atoms with van der Waals surface area (Å²) < 4.78 is 13.2. The maximum absolute atomic E-state index is 13.2.